The van der Waals surface area contributed by atoms with Crippen LogP contribution >= 0.6 is 15.9 Å². The van der Waals surface area contributed by atoms with E-state index in [0.717, 1.165) is 40.9 Å². The molecular formula is C18H17BrN2O3. The van der Waals surface area contributed by atoms with Crippen molar-refractivity contribution in [3.05, 3.63) is 52.3 Å². The monoisotopic (exact) mass is 388 g/mol. The highest BCUT2D eigenvalue weighted by molar-refractivity contribution is 9.10. The summed E-state index contributed by atoms with van der Waals surface area (Å²) in [6, 6.07) is 7.85. The van der Waals surface area contributed by atoms with E-state index in [2.05, 4.69) is 20.9 Å². The Kier molecular flexibility index (Phi) is 4.14. The van der Waals surface area contributed by atoms with Gasteiger partial charge in [-0.3, -0.25) is 9.78 Å². The molecule has 1 atom stereocenters. The summed E-state index contributed by atoms with van der Waals surface area (Å²) in [7, 11) is 0. The van der Waals surface area contributed by atoms with Crippen LogP contribution in [0.3, 0.4) is 0 Å². The normalized spacial score (nSPS) is 19.4. The van der Waals surface area contributed by atoms with Gasteiger partial charge in [0, 0.05) is 23.4 Å². The standard InChI is InChI=1S/C18H17BrN2O3/c19-14-8-13(10-20-11-14)18(22)21-5-1-2-15(21)12-3-4-16-17(9-12)24-7-6-23-16/h3-4,8-11,15H,1-2,5-7H2/t15-/m1/s1. The first-order chi connectivity index (χ1) is 11.7. The molecule has 1 amide bonds. The van der Waals surface area contributed by atoms with Crippen molar-refractivity contribution < 1.29 is 14.3 Å². The lowest BCUT2D eigenvalue weighted by Gasteiger charge is -2.26. The van der Waals surface area contributed by atoms with Crippen molar-refractivity contribution >= 4 is 21.8 Å². The van der Waals surface area contributed by atoms with E-state index in [4.69, 9.17) is 9.47 Å². The average Bonchev–Trinajstić information content (AvgIpc) is 3.10. The van der Waals surface area contributed by atoms with Gasteiger partial charge in [0.05, 0.1) is 11.6 Å². The van der Waals surface area contributed by atoms with Gasteiger partial charge in [-0.05, 0) is 52.5 Å². The topological polar surface area (TPSA) is 51.7 Å². The van der Waals surface area contributed by atoms with Gasteiger partial charge in [0.25, 0.3) is 5.91 Å². The van der Waals surface area contributed by atoms with Gasteiger partial charge in [0.2, 0.25) is 0 Å². The van der Waals surface area contributed by atoms with Gasteiger partial charge in [-0.25, -0.2) is 0 Å². The molecule has 1 aromatic heterocycles. The van der Waals surface area contributed by atoms with Gasteiger partial charge >= 0.3 is 0 Å². The predicted octanol–water partition coefficient (Wildman–Crippen LogP) is 3.59. The molecular weight excluding hydrogens is 372 g/mol. The molecule has 0 saturated carbocycles. The SMILES string of the molecule is O=C(c1cncc(Br)c1)N1CCC[C@@H]1c1ccc2c(c1)OCCO2. The van der Waals surface area contributed by atoms with E-state index in [-0.39, 0.29) is 11.9 Å². The first-order valence-corrected chi connectivity index (χ1v) is 8.83. The highest BCUT2D eigenvalue weighted by Gasteiger charge is 2.31. The van der Waals surface area contributed by atoms with Crippen molar-refractivity contribution in [1.29, 1.82) is 0 Å². The molecule has 0 aliphatic carbocycles. The van der Waals surface area contributed by atoms with Crippen molar-refractivity contribution in [1.82, 2.24) is 9.88 Å². The molecule has 2 aliphatic rings. The van der Waals surface area contributed by atoms with Crippen LogP contribution in [0.2, 0.25) is 0 Å². The molecule has 0 N–H and O–H groups in total. The van der Waals surface area contributed by atoms with Crippen molar-refractivity contribution in [3.63, 3.8) is 0 Å². The van der Waals surface area contributed by atoms with Gasteiger partial charge in [-0.1, -0.05) is 6.07 Å². The van der Waals surface area contributed by atoms with Gasteiger partial charge in [0.1, 0.15) is 13.2 Å². The molecule has 0 unspecified atom stereocenters. The fraction of sp³-hybridized carbons (Fsp3) is 0.333. The Balaban J connectivity index is 1.62. The molecule has 2 aliphatic heterocycles. The summed E-state index contributed by atoms with van der Waals surface area (Å²) in [5.74, 6) is 1.56. The van der Waals surface area contributed by atoms with E-state index < -0.39 is 0 Å². The van der Waals surface area contributed by atoms with Gasteiger partial charge in [0.15, 0.2) is 11.5 Å². The highest BCUT2D eigenvalue weighted by Crippen LogP contribution is 2.38. The molecule has 6 heteroatoms. The number of likely N-dealkylation sites (tertiary alicyclic amines) is 1. The van der Waals surface area contributed by atoms with E-state index in [9.17, 15) is 4.79 Å². The van der Waals surface area contributed by atoms with Crippen molar-refractivity contribution in [3.8, 4) is 11.5 Å². The van der Waals surface area contributed by atoms with Gasteiger partial charge in [-0.2, -0.15) is 0 Å². The number of benzene rings is 1. The summed E-state index contributed by atoms with van der Waals surface area (Å²) >= 11 is 3.38. The largest absolute Gasteiger partial charge is 0.486 e. The fourth-order valence-corrected chi connectivity index (χ4v) is 3.68. The quantitative estimate of drug-likeness (QED) is 0.788. The van der Waals surface area contributed by atoms with Crippen molar-refractivity contribution in [2.75, 3.05) is 19.8 Å². The van der Waals surface area contributed by atoms with Crippen LogP contribution in [0, 0.1) is 0 Å². The minimum atomic E-state index is 0.0150. The summed E-state index contributed by atoms with van der Waals surface area (Å²) in [4.78, 5) is 18.9. The van der Waals surface area contributed by atoms with E-state index in [0.29, 0.717) is 18.8 Å². The molecule has 1 saturated heterocycles. The van der Waals surface area contributed by atoms with Crippen LogP contribution < -0.4 is 9.47 Å². The maximum atomic E-state index is 12.9. The number of fused-ring (bicyclic) bond motifs is 1. The molecule has 24 heavy (non-hydrogen) atoms. The van der Waals surface area contributed by atoms with E-state index in [1.807, 2.05) is 29.2 Å². The second-order valence-electron chi connectivity index (χ2n) is 5.95. The van der Waals surface area contributed by atoms with Gasteiger partial charge < -0.3 is 14.4 Å². The lowest BCUT2D eigenvalue weighted by Crippen LogP contribution is -2.30. The number of amides is 1. The lowest BCUT2D eigenvalue weighted by atomic mass is 10.0. The average molecular weight is 389 g/mol. The lowest BCUT2D eigenvalue weighted by molar-refractivity contribution is 0.0734. The zero-order chi connectivity index (χ0) is 16.5. The van der Waals surface area contributed by atoms with Crippen LogP contribution in [0.4, 0.5) is 0 Å². The number of carbonyl (C=O) groups is 1. The predicted molar refractivity (Wildman–Crippen MR) is 92.4 cm³/mol. The van der Waals surface area contributed by atoms with Crippen LogP contribution in [0.1, 0.15) is 34.8 Å². The zero-order valence-corrected chi connectivity index (χ0v) is 14.7. The number of aromatic nitrogens is 1. The van der Waals surface area contributed by atoms with E-state index >= 15 is 0 Å². The maximum Gasteiger partial charge on any atom is 0.255 e. The number of halogens is 1. The van der Waals surface area contributed by atoms with E-state index in [1.54, 1.807) is 12.4 Å². The summed E-state index contributed by atoms with van der Waals surface area (Å²) < 4.78 is 12.1. The van der Waals surface area contributed by atoms with E-state index in [1.165, 1.54) is 0 Å². The summed E-state index contributed by atoms with van der Waals surface area (Å²) in [5.41, 5.74) is 1.70. The second kappa shape index (κ2) is 6.43. The molecule has 0 spiro atoms. The summed E-state index contributed by atoms with van der Waals surface area (Å²) in [6.45, 7) is 1.90. The molecule has 2 aromatic rings. The molecule has 1 aromatic carbocycles. The van der Waals surface area contributed by atoms with Crippen LogP contribution in [-0.4, -0.2) is 35.5 Å². The fourth-order valence-electron chi connectivity index (χ4n) is 3.32. The minimum absolute atomic E-state index is 0.0150. The molecule has 0 radical (unpaired) electrons. The Morgan fingerprint density at radius 2 is 2.00 bits per heavy atom. The number of rotatable bonds is 2. The van der Waals surface area contributed by atoms with Gasteiger partial charge in [-0.15, -0.1) is 0 Å². The minimum Gasteiger partial charge on any atom is -0.486 e. The smallest absolute Gasteiger partial charge is 0.255 e. The van der Waals surface area contributed by atoms with Crippen LogP contribution in [0.5, 0.6) is 11.5 Å². The molecule has 3 heterocycles. The Morgan fingerprint density at radius 3 is 2.83 bits per heavy atom. The zero-order valence-electron chi connectivity index (χ0n) is 13.1. The van der Waals surface area contributed by atoms with Crippen LogP contribution in [0.15, 0.2) is 41.1 Å². The number of hydrogen-bond donors (Lipinski definition) is 0. The Bertz CT molecular complexity index is 781. The molecule has 1 fully saturated rings. The Labute approximate surface area is 148 Å². The van der Waals surface area contributed by atoms with Crippen molar-refractivity contribution in [2.45, 2.75) is 18.9 Å². The number of hydrogen-bond acceptors (Lipinski definition) is 4. The van der Waals surface area contributed by atoms with Crippen molar-refractivity contribution in [2.24, 2.45) is 0 Å². The summed E-state index contributed by atoms with van der Waals surface area (Å²) in [6.07, 6.45) is 5.24. The number of nitrogens with zero attached hydrogens (tertiary/aromatic N) is 2. The maximum absolute atomic E-state index is 12.9. The number of carbonyl (C=O) groups excluding carboxylic acids is 1. The third-order valence-electron chi connectivity index (χ3n) is 4.42. The highest BCUT2D eigenvalue weighted by atomic mass is 79.9. The summed E-state index contributed by atoms with van der Waals surface area (Å²) in [5, 5.41) is 0. The Morgan fingerprint density at radius 1 is 1.17 bits per heavy atom. The molecule has 4 rings (SSSR count). The molecule has 0 bridgehead atoms. The third-order valence-corrected chi connectivity index (χ3v) is 4.85. The Hall–Kier alpha value is -2.08. The number of pyridine rings is 1. The molecule has 124 valence electrons. The third kappa shape index (κ3) is 2.86. The number of ether oxygens (including phenoxy) is 2. The van der Waals surface area contributed by atoms with Crippen LogP contribution in [0.25, 0.3) is 0 Å². The second-order valence-corrected chi connectivity index (χ2v) is 6.87. The van der Waals surface area contributed by atoms with Crippen LogP contribution in [-0.2, 0) is 0 Å². The first-order valence-electron chi connectivity index (χ1n) is 8.03. The molecule has 5 nitrogen and oxygen atoms in total. The first kappa shape index (κ1) is 15.4.